The van der Waals surface area contributed by atoms with Crippen LogP contribution in [0, 0.1) is 11.3 Å². The highest BCUT2D eigenvalue weighted by Gasteiger charge is 2.26. The zero-order chi connectivity index (χ0) is 11.7. The lowest BCUT2D eigenvalue weighted by atomic mass is 10.1. The van der Waals surface area contributed by atoms with Crippen molar-refractivity contribution < 1.29 is 14.6 Å². The van der Waals surface area contributed by atoms with Crippen molar-refractivity contribution >= 4 is 11.7 Å². The van der Waals surface area contributed by atoms with Crippen molar-refractivity contribution in [2.75, 3.05) is 5.32 Å². The highest BCUT2D eigenvalue weighted by molar-refractivity contribution is 5.89. The van der Waals surface area contributed by atoms with E-state index in [1.807, 2.05) is 13.0 Å². The molecule has 0 fully saturated rings. The van der Waals surface area contributed by atoms with Crippen LogP contribution < -0.4 is 10.1 Å². The maximum atomic E-state index is 10.8. The Kier molecular flexibility index (Phi) is 2.41. The van der Waals surface area contributed by atoms with Crippen LogP contribution in [0.15, 0.2) is 18.2 Å². The third-order valence-corrected chi connectivity index (χ3v) is 2.45. The first kappa shape index (κ1) is 10.3. The van der Waals surface area contributed by atoms with Crippen molar-refractivity contribution in [2.45, 2.75) is 19.1 Å². The molecule has 1 aliphatic heterocycles. The molecule has 1 aromatic rings. The molecule has 0 aliphatic carbocycles. The summed E-state index contributed by atoms with van der Waals surface area (Å²) in [7, 11) is 0. The summed E-state index contributed by atoms with van der Waals surface area (Å²) in [4.78, 5) is 10.8. The maximum Gasteiger partial charge on any atom is 0.335 e. The molecule has 0 amide bonds. The van der Waals surface area contributed by atoms with Crippen LogP contribution in [0.1, 0.15) is 17.3 Å². The minimum Gasteiger partial charge on any atom is -0.478 e. The number of carboxylic acids is 1. The van der Waals surface area contributed by atoms with Gasteiger partial charge in [-0.15, -0.1) is 0 Å². The molecular formula is C11H10N2O3. The average Bonchev–Trinajstić information content (AvgIpc) is 2.27. The van der Waals surface area contributed by atoms with Crippen molar-refractivity contribution in [2.24, 2.45) is 0 Å². The van der Waals surface area contributed by atoms with Crippen LogP contribution in [-0.4, -0.2) is 23.2 Å². The van der Waals surface area contributed by atoms with E-state index in [2.05, 4.69) is 5.32 Å². The molecule has 5 nitrogen and oxygen atoms in total. The van der Waals surface area contributed by atoms with Crippen molar-refractivity contribution in [3.05, 3.63) is 23.8 Å². The molecule has 1 heterocycles. The fourth-order valence-electron chi connectivity index (χ4n) is 1.57. The molecule has 2 atom stereocenters. The number of anilines is 1. The van der Waals surface area contributed by atoms with E-state index in [9.17, 15) is 4.79 Å². The van der Waals surface area contributed by atoms with Crippen molar-refractivity contribution in [3.63, 3.8) is 0 Å². The number of nitriles is 1. The zero-order valence-corrected chi connectivity index (χ0v) is 8.60. The molecule has 0 aromatic heterocycles. The Morgan fingerprint density at radius 3 is 3.00 bits per heavy atom. The van der Waals surface area contributed by atoms with Crippen LogP contribution in [-0.2, 0) is 0 Å². The van der Waals surface area contributed by atoms with Crippen LogP contribution in [0.4, 0.5) is 5.69 Å². The molecule has 16 heavy (non-hydrogen) atoms. The third kappa shape index (κ3) is 1.65. The second-order valence-corrected chi connectivity index (χ2v) is 3.62. The summed E-state index contributed by atoms with van der Waals surface area (Å²) in [5, 5.41) is 20.7. The summed E-state index contributed by atoms with van der Waals surface area (Å²) < 4.78 is 5.40. The number of fused-ring (bicyclic) bond motifs is 1. The van der Waals surface area contributed by atoms with Gasteiger partial charge in [0.2, 0.25) is 6.10 Å². The Balaban J connectivity index is 2.38. The fraction of sp³-hybridized carbons (Fsp3) is 0.273. The number of aromatic carboxylic acids is 1. The van der Waals surface area contributed by atoms with Crippen LogP contribution in [0.5, 0.6) is 5.75 Å². The molecule has 5 heteroatoms. The van der Waals surface area contributed by atoms with E-state index in [1.165, 1.54) is 12.1 Å². The van der Waals surface area contributed by atoms with E-state index in [0.717, 1.165) is 0 Å². The highest BCUT2D eigenvalue weighted by Crippen LogP contribution is 2.32. The van der Waals surface area contributed by atoms with Gasteiger partial charge in [0, 0.05) is 0 Å². The molecule has 0 radical (unpaired) electrons. The normalized spacial score (nSPS) is 22.2. The minimum atomic E-state index is -1.02. The highest BCUT2D eigenvalue weighted by atomic mass is 16.5. The quantitative estimate of drug-likeness (QED) is 0.745. The van der Waals surface area contributed by atoms with E-state index < -0.39 is 12.1 Å². The van der Waals surface area contributed by atoms with Gasteiger partial charge in [-0.3, -0.25) is 0 Å². The lowest BCUT2D eigenvalue weighted by Crippen LogP contribution is -2.38. The van der Waals surface area contributed by atoms with Gasteiger partial charge in [-0.1, -0.05) is 0 Å². The number of benzene rings is 1. The van der Waals surface area contributed by atoms with Gasteiger partial charge in [0.1, 0.15) is 11.8 Å². The van der Waals surface area contributed by atoms with E-state index in [1.54, 1.807) is 6.07 Å². The molecule has 1 aromatic carbocycles. The monoisotopic (exact) mass is 218 g/mol. The van der Waals surface area contributed by atoms with E-state index in [-0.39, 0.29) is 11.6 Å². The Hall–Kier alpha value is -2.22. The Morgan fingerprint density at radius 2 is 2.38 bits per heavy atom. The third-order valence-electron chi connectivity index (χ3n) is 2.45. The number of hydrogen-bond acceptors (Lipinski definition) is 4. The lowest BCUT2D eigenvalue weighted by molar-refractivity contribution is 0.0696. The SMILES string of the molecule is CC1Nc2ccc(C(=O)O)cc2OC1C#N. The van der Waals surface area contributed by atoms with Crippen molar-refractivity contribution in [1.29, 1.82) is 5.26 Å². The smallest absolute Gasteiger partial charge is 0.335 e. The van der Waals surface area contributed by atoms with Gasteiger partial charge < -0.3 is 15.2 Å². The van der Waals surface area contributed by atoms with Crippen molar-refractivity contribution in [3.8, 4) is 11.8 Å². The molecule has 0 bridgehead atoms. The minimum absolute atomic E-state index is 0.117. The molecule has 0 saturated carbocycles. The zero-order valence-electron chi connectivity index (χ0n) is 8.60. The van der Waals surface area contributed by atoms with Gasteiger partial charge in [0.25, 0.3) is 0 Å². The first-order valence-corrected chi connectivity index (χ1v) is 4.82. The lowest BCUT2D eigenvalue weighted by Gasteiger charge is -2.29. The second-order valence-electron chi connectivity index (χ2n) is 3.62. The maximum absolute atomic E-state index is 10.8. The second kappa shape index (κ2) is 3.74. The molecule has 2 unspecified atom stereocenters. The summed E-state index contributed by atoms with van der Waals surface area (Å²) in [6.07, 6.45) is -0.600. The number of hydrogen-bond donors (Lipinski definition) is 2. The first-order valence-electron chi connectivity index (χ1n) is 4.82. The van der Waals surface area contributed by atoms with Crippen LogP contribution in [0.2, 0.25) is 0 Å². The summed E-state index contributed by atoms with van der Waals surface area (Å²) in [5.74, 6) is -0.608. The average molecular weight is 218 g/mol. The molecule has 2 N–H and O–H groups in total. The number of nitrogens with zero attached hydrogens (tertiary/aromatic N) is 1. The Bertz CT molecular complexity index is 479. The van der Waals surface area contributed by atoms with E-state index in [4.69, 9.17) is 15.1 Å². The molecule has 0 saturated heterocycles. The van der Waals surface area contributed by atoms with Gasteiger partial charge >= 0.3 is 5.97 Å². The summed E-state index contributed by atoms with van der Waals surface area (Å²) in [6, 6.07) is 6.45. The van der Waals surface area contributed by atoms with Crippen LogP contribution in [0.25, 0.3) is 0 Å². The molecule has 2 rings (SSSR count). The predicted molar refractivity (Wildman–Crippen MR) is 56.5 cm³/mol. The Morgan fingerprint density at radius 1 is 1.62 bits per heavy atom. The number of ether oxygens (including phenoxy) is 1. The van der Waals surface area contributed by atoms with E-state index in [0.29, 0.717) is 11.4 Å². The largest absolute Gasteiger partial charge is 0.478 e. The summed E-state index contributed by atoms with van der Waals surface area (Å²) in [5.41, 5.74) is 0.857. The van der Waals surface area contributed by atoms with Crippen molar-refractivity contribution in [1.82, 2.24) is 0 Å². The molecular weight excluding hydrogens is 208 g/mol. The standard InChI is InChI=1S/C11H10N2O3/c1-6-10(5-12)16-9-4-7(11(14)15)2-3-8(9)13-6/h2-4,6,10,13H,1H3,(H,14,15). The van der Waals surface area contributed by atoms with Gasteiger partial charge in [0.05, 0.1) is 17.3 Å². The summed E-state index contributed by atoms with van der Waals surface area (Å²) >= 11 is 0. The number of carboxylic acid groups (broad SMARTS) is 1. The van der Waals surface area contributed by atoms with Gasteiger partial charge in [-0.05, 0) is 25.1 Å². The Labute approximate surface area is 92.3 Å². The van der Waals surface area contributed by atoms with Gasteiger partial charge in [-0.25, -0.2) is 4.79 Å². The number of nitrogens with one attached hydrogen (secondary N) is 1. The van der Waals surface area contributed by atoms with Crippen LogP contribution in [0.3, 0.4) is 0 Å². The van der Waals surface area contributed by atoms with E-state index >= 15 is 0 Å². The molecule has 82 valence electrons. The summed E-state index contributed by atoms with van der Waals surface area (Å²) in [6.45, 7) is 1.84. The molecule has 1 aliphatic rings. The first-order chi connectivity index (χ1) is 7.61. The van der Waals surface area contributed by atoms with Gasteiger partial charge in [-0.2, -0.15) is 5.26 Å². The van der Waals surface area contributed by atoms with Crippen LogP contribution >= 0.6 is 0 Å². The number of carbonyl (C=O) groups is 1. The predicted octanol–water partition coefficient (Wildman–Crippen LogP) is 1.47. The topological polar surface area (TPSA) is 82.3 Å². The van der Waals surface area contributed by atoms with Gasteiger partial charge in [0.15, 0.2) is 0 Å². The molecule has 0 spiro atoms. The number of rotatable bonds is 1. The fourth-order valence-corrected chi connectivity index (χ4v) is 1.57.